The van der Waals surface area contributed by atoms with Crippen molar-refractivity contribution in [1.82, 2.24) is 0 Å². The van der Waals surface area contributed by atoms with E-state index >= 15 is 0 Å². The molecule has 0 fully saturated rings. The second-order valence-electron chi connectivity index (χ2n) is 14.3. The standard InChI is InChI=1S/C35H57O10P.Na/c1-21(2)12-9-13-22(3)14-10-15-23(4)16-11-18-35(8)19-17-27-26(7)30(24(5)25(6)31(27)43-35)44-46(40,41)45-33-29(38)32(28(37)20-36)42-34(33)39;/h21-23,28,32,36-37,39H,9-20H2,1-8H3,(H,40,41);/q;+1/p-1/t22?,23?,28-,32+,35?;/m0./s1. The number of hydrogen-bond acceptors (Lipinski definition) is 9. The molecule has 12 heteroatoms. The van der Waals surface area contributed by atoms with E-state index in [0.717, 1.165) is 54.4 Å². The molecule has 4 unspecified atom stereocenters. The second-order valence-corrected chi connectivity index (χ2v) is 15.6. The molecule has 0 aromatic heterocycles. The van der Waals surface area contributed by atoms with Gasteiger partial charge >= 0.3 is 37.4 Å². The van der Waals surface area contributed by atoms with E-state index in [0.29, 0.717) is 23.5 Å². The smallest absolute Gasteiger partial charge is 0.596 e. The van der Waals surface area contributed by atoms with Crippen LogP contribution in [0, 0.1) is 38.5 Å². The van der Waals surface area contributed by atoms with Crippen molar-refractivity contribution in [2.45, 2.75) is 144 Å². The molecule has 0 saturated heterocycles. The van der Waals surface area contributed by atoms with Crippen LogP contribution in [0.1, 0.15) is 121 Å². The van der Waals surface area contributed by atoms with Crippen LogP contribution < -0.4 is 43.9 Å². The van der Waals surface area contributed by atoms with Gasteiger partial charge in [0, 0.05) is 5.56 Å². The maximum absolute atomic E-state index is 13.0. The molecule has 3 N–H and O–H groups in total. The largest absolute Gasteiger partial charge is 1.00 e. The monoisotopic (exact) mass is 690 g/mol. The molecule has 0 spiro atoms. The number of hydrogen-bond donors (Lipinski definition) is 3. The summed E-state index contributed by atoms with van der Waals surface area (Å²) in [4.78, 5) is 23.0. The molecule has 2 aliphatic heterocycles. The fourth-order valence-corrected chi connectivity index (χ4v) is 7.47. The Hall–Kier alpha value is -1.26. The number of rotatable bonds is 18. The Bertz CT molecular complexity index is 1300. The van der Waals surface area contributed by atoms with Crippen LogP contribution in [0.15, 0.2) is 11.7 Å². The normalized spacial score (nSPS) is 22.5. The van der Waals surface area contributed by atoms with Gasteiger partial charge in [0.1, 0.15) is 23.2 Å². The van der Waals surface area contributed by atoms with E-state index in [-0.39, 0.29) is 40.9 Å². The number of carbonyl (C=O) groups is 1. The van der Waals surface area contributed by atoms with Crippen molar-refractivity contribution in [2.75, 3.05) is 6.61 Å². The first-order valence-corrected chi connectivity index (χ1v) is 18.4. The van der Waals surface area contributed by atoms with Crippen LogP contribution in [-0.4, -0.2) is 45.3 Å². The molecule has 3 rings (SSSR count). The van der Waals surface area contributed by atoms with Crippen LogP contribution in [0.4, 0.5) is 0 Å². The summed E-state index contributed by atoms with van der Waals surface area (Å²) < 4.78 is 34.7. The molecule has 6 atom stereocenters. The predicted octanol–water partition coefficient (Wildman–Crippen LogP) is 3.48. The third-order valence-electron chi connectivity index (χ3n) is 9.69. The zero-order valence-corrected chi connectivity index (χ0v) is 32.9. The van der Waals surface area contributed by atoms with Crippen molar-refractivity contribution < 1.29 is 77.7 Å². The summed E-state index contributed by atoms with van der Waals surface area (Å²) in [5.74, 6) is -0.395. The molecule has 10 nitrogen and oxygen atoms in total. The number of ketones is 1. The Morgan fingerprint density at radius 1 is 0.957 bits per heavy atom. The average molecular weight is 691 g/mol. The van der Waals surface area contributed by atoms with E-state index in [4.69, 9.17) is 23.6 Å². The summed E-state index contributed by atoms with van der Waals surface area (Å²) in [5.41, 5.74) is 2.51. The Morgan fingerprint density at radius 3 is 2.11 bits per heavy atom. The van der Waals surface area contributed by atoms with E-state index in [2.05, 4.69) is 34.6 Å². The van der Waals surface area contributed by atoms with E-state index in [9.17, 15) is 24.5 Å². The van der Waals surface area contributed by atoms with Crippen LogP contribution in [-0.2, 0) is 25.0 Å². The van der Waals surface area contributed by atoms with Gasteiger partial charge in [-0.3, -0.25) is 9.69 Å². The van der Waals surface area contributed by atoms with Gasteiger partial charge in [-0.25, -0.2) is 4.57 Å². The van der Waals surface area contributed by atoms with Gasteiger partial charge in [0.25, 0.3) is 0 Å². The molecule has 262 valence electrons. The Kier molecular flexibility index (Phi) is 16.2. The molecule has 0 aliphatic carbocycles. The maximum Gasteiger partial charge on any atom is 1.00 e. The van der Waals surface area contributed by atoms with Crippen molar-refractivity contribution in [3.05, 3.63) is 34.0 Å². The van der Waals surface area contributed by atoms with E-state index in [1.807, 2.05) is 6.92 Å². The van der Waals surface area contributed by atoms with Gasteiger partial charge in [-0.2, -0.15) is 0 Å². The SMILES string of the molecule is Cc1c(C)c2c(c(C)c1OP(=O)(O)OC1=C([O-])O[C@H]([C@@H](O)CO)C1=O)CCC(C)(CCCC(C)CCCC(C)CCCC(C)C)O2.[Na+]. The molecular formula is C35H56NaO10P. The van der Waals surface area contributed by atoms with Gasteiger partial charge in [0.05, 0.1) is 18.7 Å². The van der Waals surface area contributed by atoms with Gasteiger partial charge in [-0.15, -0.1) is 0 Å². The molecule has 0 bridgehead atoms. The topological polar surface area (TPSA) is 155 Å². The zero-order valence-electron chi connectivity index (χ0n) is 30.0. The number of ether oxygens (including phenoxy) is 2. The molecule has 1 aromatic rings. The fraction of sp³-hybridized carbons (Fsp3) is 0.743. The number of aliphatic hydroxyl groups is 2. The fourth-order valence-electron chi connectivity index (χ4n) is 6.53. The number of phosphoric acid groups is 1. The van der Waals surface area contributed by atoms with Crippen LogP contribution >= 0.6 is 7.82 Å². The maximum atomic E-state index is 13.0. The third kappa shape index (κ3) is 11.4. The van der Waals surface area contributed by atoms with Crippen molar-refractivity contribution in [2.24, 2.45) is 17.8 Å². The number of carbonyl (C=O) groups excluding carboxylic acids is 1. The van der Waals surface area contributed by atoms with Gasteiger partial charge in [0.2, 0.25) is 5.78 Å². The Morgan fingerprint density at radius 2 is 1.53 bits per heavy atom. The van der Waals surface area contributed by atoms with Crippen molar-refractivity contribution in [3.63, 3.8) is 0 Å². The number of fused-ring (bicyclic) bond motifs is 1. The van der Waals surface area contributed by atoms with Crippen LogP contribution in [0.25, 0.3) is 0 Å². The quantitative estimate of drug-likeness (QED) is 0.154. The van der Waals surface area contributed by atoms with Gasteiger partial charge in [0.15, 0.2) is 5.76 Å². The average Bonchev–Trinajstić information content (AvgIpc) is 3.25. The van der Waals surface area contributed by atoms with Crippen LogP contribution in [0.5, 0.6) is 11.5 Å². The summed E-state index contributed by atoms with van der Waals surface area (Å²) in [5, 5.41) is 30.9. The van der Waals surface area contributed by atoms with Crippen molar-refractivity contribution in [3.8, 4) is 11.5 Å². The molecule has 0 radical (unpaired) electrons. The molecule has 0 saturated carbocycles. The summed E-state index contributed by atoms with van der Waals surface area (Å²) in [6.45, 7) is 16.0. The van der Waals surface area contributed by atoms with Crippen LogP contribution in [0.2, 0.25) is 0 Å². The number of benzene rings is 1. The first kappa shape index (κ1) is 41.9. The van der Waals surface area contributed by atoms with E-state index < -0.39 is 44.1 Å². The molecule has 47 heavy (non-hydrogen) atoms. The molecular weight excluding hydrogens is 634 g/mol. The van der Waals surface area contributed by atoms with Gasteiger partial charge in [-0.05, 0) is 87.8 Å². The number of Topliss-reactive ketones (excluding diaryl/α,β-unsaturated/α-hetero) is 1. The third-order valence-corrected chi connectivity index (χ3v) is 10.5. The molecule has 2 heterocycles. The minimum Gasteiger partial charge on any atom is -0.596 e. The summed E-state index contributed by atoms with van der Waals surface area (Å²) in [7, 11) is -5.03. The summed E-state index contributed by atoms with van der Waals surface area (Å²) >= 11 is 0. The van der Waals surface area contributed by atoms with Gasteiger partial charge < -0.3 is 33.8 Å². The van der Waals surface area contributed by atoms with Gasteiger partial charge in [-0.1, -0.05) is 72.6 Å². The minimum absolute atomic E-state index is 0. The number of phosphoric ester groups is 1. The molecule has 1 aromatic carbocycles. The summed E-state index contributed by atoms with van der Waals surface area (Å²) in [6.07, 6.45) is 9.07. The molecule has 2 aliphatic rings. The Labute approximate surface area is 303 Å². The second kappa shape index (κ2) is 18.1. The minimum atomic E-state index is -5.03. The first-order chi connectivity index (χ1) is 21.5. The van der Waals surface area contributed by atoms with Crippen LogP contribution in [0.3, 0.4) is 0 Å². The zero-order chi connectivity index (χ0) is 34.4. The summed E-state index contributed by atoms with van der Waals surface area (Å²) in [6, 6.07) is 0. The predicted molar refractivity (Wildman–Crippen MR) is 174 cm³/mol. The molecule has 0 amide bonds. The number of aliphatic hydroxyl groups excluding tert-OH is 2. The van der Waals surface area contributed by atoms with Crippen molar-refractivity contribution in [1.29, 1.82) is 0 Å². The van der Waals surface area contributed by atoms with E-state index in [1.54, 1.807) is 13.8 Å². The van der Waals surface area contributed by atoms with E-state index in [1.165, 1.54) is 38.5 Å². The first-order valence-electron chi connectivity index (χ1n) is 16.9. The Balaban J connectivity index is 0.00000768. The van der Waals surface area contributed by atoms with Crippen molar-refractivity contribution >= 4 is 13.6 Å².